The van der Waals surface area contributed by atoms with Gasteiger partial charge in [-0.25, -0.2) is 10.0 Å². The molecule has 0 spiro atoms. The van der Waals surface area contributed by atoms with Crippen LogP contribution in [0.1, 0.15) is 43.0 Å². The molecule has 2 nitrogen and oxygen atoms in total. The minimum Gasteiger partial charge on any atom is -0.237 e. The van der Waals surface area contributed by atoms with Crippen LogP contribution in [0.15, 0.2) is 60.7 Å². The number of hydrogen-bond donors (Lipinski definition) is 0. The van der Waals surface area contributed by atoms with Crippen molar-refractivity contribution >= 4 is 0 Å². The quantitative estimate of drug-likeness (QED) is 0.808. The highest BCUT2D eigenvalue weighted by molar-refractivity contribution is 5.26. The van der Waals surface area contributed by atoms with Crippen LogP contribution < -0.4 is 0 Å². The average Bonchev–Trinajstić information content (AvgIpc) is 2.81. The second kappa shape index (κ2) is 6.64. The van der Waals surface area contributed by atoms with E-state index < -0.39 is 0 Å². The van der Waals surface area contributed by atoms with Gasteiger partial charge in [-0.15, -0.1) is 0 Å². The van der Waals surface area contributed by atoms with Crippen molar-refractivity contribution in [3.05, 3.63) is 71.8 Å². The van der Waals surface area contributed by atoms with Gasteiger partial charge in [-0.1, -0.05) is 74.0 Å². The summed E-state index contributed by atoms with van der Waals surface area (Å²) >= 11 is 0. The van der Waals surface area contributed by atoms with Crippen molar-refractivity contribution in [3.63, 3.8) is 0 Å². The Bertz CT molecular complexity index is 530. The predicted octanol–water partition coefficient (Wildman–Crippen LogP) is 4.68. The normalized spacial score (nSPS) is 26.4. The van der Waals surface area contributed by atoms with Crippen LogP contribution in [0.4, 0.5) is 0 Å². The molecule has 2 atom stereocenters. The minimum absolute atomic E-state index is 0.455. The molecule has 3 rings (SSSR count). The summed E-state index contributed by atoms with van der Waals surface area (Å²) in [6, 6.07) is 22.8. The average molecular weight is 294 g/mol. The Labute approximate surface area is 134 Å². The summed E-state index contributed by atoms with van der Waals surface area (Å²) < 4.78 is 0. The molecule has 1 aliphatic rings. The van der Waals surface area contributed by atoms with Crippen molar-refractivity contribution < 1.29 is 0 Å². The lowest BCUT2D eigenvalue weighted by atomic mass is 9.83. The summed E-state index contributed by atoms with van der Waals surface area (Å²) in [6.07, 6.45) is 2.47. The van der Waals surface area contributed by atoms with Gasteiger partial charge in [-0.2, -0.15) is 0 Å². The highest BCUT2D eigenvalue weighted by Gasteiger charge is 2.44. The topological polar surface area (TPSA) is 6.48 Å². The summed E-state index contributed by atoms with van der Waals surface area (Å²) in [7, 11) is 4.45. The van der Waals surface area contributed by atoms with E-state index in [-0.39, 0.29) is 0 Å². The number of hydrogen-bond acceptors (Lipinski definition) is 2. The van der Waals surface area contributed by atoms with Gasteiger partial charge in [0.25, 0.3) is 0 Å². The van der Waals surface area contributed by atoms with Crippen LogP contribution in [0.5, 0.6) is 0 Å². The molecule has 0 aromatic heterocycles. The molecule has 0 N–H and O–H groups in total. The Kier molecular flexibility index (Phi) is 4.60. The van der Waals surface area contributed by atoms with Gasteiger partial charge < -0.3 is 0 Å². The molecule has 1 heterocycles. The van der Waals surface area contributed by atoms with E-state index in [0.29, 0.717) is 18.0 Å². The summed E-state index contributed by atoms with van der Waals surface area (Å²) in [5.74, 6) is 0.616. The molecule has 0 aliphatic carbocycles. The Morgan fingerprint density at radius 3 is 1.50 bits per heavy atom. The SMILES string of the molecule is CCCC1C(c2ccccc2)N(C)N(C)C1c1ccccc1. The third-order valence-corrected chi connectivity index (χ3v) is 5.02. The van der Waals surface area contributed by atoms with Crippen LogP contribution in [0.3, 0.4) is 0 Å². The fourth-order valence-corrected chi connectivity index (χ4v) is 3.99. The first kappa shape index (κ1) is 15.3. The van der Waals surface area contributed by atoms with Crippen molar-refractivity contribution in [1.29, 1.82) is 0 Å². The first-order valence-electron chi connectivity index (χ1n) is 8.29. The fraction of sp³-hybridized carbons (Fsp3) is 0.400. The van der Waals surface area contributed by atoms with E-state index in [1.165, 1.54) is 24.0 Å². The van der Waals surface area contributed by atoms with E-state index in [1.807, 2.05) is 0 Å². The standard InChI is InChI=1S/C20H26N2/c1-4-11-18-19(16-12-7-5-8-13-16)21(2)22(3)20(18)17-14-9-6-10-15-17/h5-10,12-15,18-20H,4,11H2,1-3H3. The summed E-state index contributed by atoms with van der Waals surface area (Å²) in [6.45, 7) is 2.29. The van der Waals surface area contributed by atoms with Crippen molar-refractivity contribution in [3.8, 4) is 0 Å². The van der Waals surface area contributed by atoms with Gasteiger partial charge >= 0.3 is 0 Å². The third kappa shape index (κ3) is 2.69. The zero-order valence-electron chi connectivity index (χ0n) is 13.8. The van der Waals surface area contributed by atoms with Gasteiger partial charge in [0.05, 0.1) is 12.1 Å². The lowest BCUT2D eigenvalue weighted by Gasteiger charge is -2.27. The van der Waals surface area contributed by atoms with E-state index in [9.17, 15) is 0 Å². The Hall–Kier alpha value is -1.64. The monoisotopic (exact) mass is 294 g/mol. The summed E-state index contributed by atoms with van der Waals surface area (Å²) in [5.41, 5.74) is 2.85. The van der Waals surface area contributed by atoms with Crippen molar-refractivity contribution in [2.24, 2.45) is 5.92 Å². The Balaban J connectivity index is 2.00. The summed E-state index contributed by atoms with van der Waals surface area (Å²) in [5, 5.41) is 4.85. The second-order valence-corrected chi connectivity index (χ2v) is 6.31. The van der Waals surface area contributed by atoms with E-state index in [1.54, 1.807) is 0 Å². The van der Waals surface area contributed by atoms with Crippen LogP contribution in [0.25, 0.3) is 0 Å². The molecule has 0 radical (unpaired) electrons. The van der Waals surface area contributed by atoms with E-state index in [2.05, 4.69) is 91.7 Å². The van der Waals surface area contributed by atoms with Crippen LogP contribution in [0.2, 0.25) is 0 Å². The van der Waals surface area contributed by atoms with Crippen LogP contribution in [0, 0.1) is 5.92 Å². The second-order valence-electron chi connectivity index (χ2n) is 6.31. The molecular weight excluding hydrogens is 268 g/mol. The van der Waals surface area contributed by atoms with Crippen molar-refractivity contribution in [2.45, 2.75) is 31.8 Å². The molecule has 116 valence electrons. The molecule has 2 heteroatoms. The van der Waals surface area contributed by atoms with Gasteiger partial charge in [0.2, 0.25) is 0 Å². The first-order valence-corrected chi connectivity index (χ1v) is 8.29. The van der Waals surface area contributed by atoms with Crippen molar-refractivity contribution in [2.75, 3.05) is 14.1 Å². The smallest absolute Gasteiger partial charge is 0.0539 e. The molecule has 1 aliphatic heterocycles. The Morgan fingerprint density at radius 2 is 1.14 bits per heavy atom. The van der Waals surface area contributed by atoms with E-state index in [0.717, 1.165) is 0 Å². The minimum atomic E-state index is 0.455. The van der Waals surface area contributed by atoms with Crippen LogP contribution in [-0.4, -0.2) is 24.1 Å². The van der Waals surface area contributed by atoms with E-state index in [4.69, 9.17) is 0 Å². The largest absolute Gasteiger partial charge is 0.237 e. The zero-order valence-corrected chi connectivity index (χ0v) is 13.8. The maximum atomic E-state index is 2.42. The van der Waals surface area contributed by atoms with Gasteiger partial charge in [-0.3, -0.25) is 0 Å². The van der Waals surface area contributed by atoms with Crippen LogP contribution >= 0.6 is 0 Å². The molecule has 0 amide bonds. The van der Waals surface area contributed by atoms with Gasteiger partial charge in [0.15, 0.2) is 0 Å². The molecule has 2 unspecified atom stereocenters. The van der Waals surface area contributed by atoms with Gasteiger partial charge in [-0.05, 0) is 17.5 Å². The van der Waals surface area contributed by atoms with Crippen molar-refractivity contribution in [1.82, 2.24) is 10.0 Å². The predicted molar refractivity (Wildman–Crippen MR) is 92.3 cm³/mol. The lowest BCUT2D eigenvalue weighted by Crippen LogP contribution is -2.32. The number of hydrazine groups is 1. The molecule has 22 heavy (non-hydrogen) atoms. The molecule has 1 saturated heterocycles. The third-order valence-electron chi connectivity index (χ3n) is 5.02. The number of nitrogens with zero attached hydrogens (tertiary/aromatic N) is 2. The zero-order chi connectivity index (χ0) is 15.5. The maximum absolute atomic E-state index is 2.42. The number of benzene rings is 2. The number of rotatable bonds is 4. The van der Waals surface area contributed by atoms with Gasteiger partial charge in [0.1, 0.15) is 0 Å². The molecule has 0 bridgehead atoms. The maximum Gasteiger partial charge on any atom is 0.0539 e. The molecule has 2 aromatic carbocycles. The Morgan fingerprint density at radius 1 is 0.727 bits per heavy atom. The molecule has 2 aromatic rings. The first-order chi connectivity index (χ1) is 10.7. The molecule has 1 fully saturated rings. The van der Waals surface area contributed by atoms with E-state index >= 15 is 0 Å². The lowest BCUT2D eigenvalue weighted by molar-refractivity contribution is 0.0252. The fourth-order valence-electron chi connectivity index (χ4n) is 3.99. The highest BCUT2D eigenvalue weighted by atomic mass is 15.7. The summed E-state index contributed by atoms with van der Waals surface area (Å²) in [4.78, 5) is 0. The van der Waals surface area contributed by atoms with Gasteiger partial charge in [0, 0.05) is 20.0 Å². The van der Waals surface area contributed by atoms with Crippen LogP contribution in [-0.2, 0) is 0 Å². The molecule has 0 saturated carbocycles. The highest BCUT2D eigenvalue weighted by Crippen LogP contribution is 2.48. The molecular formula is C20H26N2.